The van der Waals surface area contributed by atoms with Gasteiger partial charge in [-0.05, 0) is 69.7 Å². The topological polar surface area (TPSA) is 41.6 Å². The van der Waals surface area contributed by atoms with Gasteiger partial charge < -0.3 is 15.0 Å². The summed E-state index contributed by atoms with van der Waals surface area (Å²) >= 11 is 0. The van der Waals surface area contributed by atoms with Gasteiger partial charge in [0.05, 0.1) is 12.2 Å². The van der Waals surface area contributed by atoms with Crippen LogP contribution in [0.25, 0.3) is 0 Å². The summed E-state index contributed by atoms with van der Waals surface area (Å²) in [5.41, 5.74) is 0.724. The largest absolute Gasteiger partial charge is 0.492 e. The SMILES string of the molecule is CNCCC1CCN(C(=O)c2ccccc2OCC2CC2)CC1. The van der Waals surface area contributed by atoms with Crippen molar-refractivity contribution >= 4 is 5.91 Å². The third kappa shape index (κ3) is 4.47. The average molecular weight is 316 g/mol. The molecule has 1 aliphatic carbocycles. The minimum absolute atomic E-state index is 0.128. The number of carbonyl (C=O) groups excluding carboxylic acids is 1. The third-order valence-electron chi connectivity index (χ3n) is 4.99. The van der Waals surface area contributed by atoms with Crippen molar-refractivity contribution in [3.63, 3.8) is 0 Å². The van der Waals surface area contributed by atoms with Crippen molar-refractivity contribution in [1.29, 1.82) is 0 Å². The highest BCUT2D eigenvalue weighted by Gasteiger charge is 2.26. The number of likely N-dealkylation sites (tertiary alicyclic amines) is 1. The Morgan fingerprint density at radius 2 is 1.91 bits per heavy atom. The summed E-state index contributed by atoms with van der Waals surface area (Å²) in [6, 6.07) is 7.70. The number of carbonyl (C=O) groups is 1. The molecular formula is C19H28N2O2. The molecule has 1 aromatic carbocycles. The van der Waals surface area contributed by atoms with Crippen molar-refractivity contribution in [2.75, 3.05) is 33.3 Å². The van der Waals surface area contributed by atoms with Crippen LogP contribution in [0.1, 0.15) is 42.5 Å². The normalized spacial score (nSPS) is 18.9. The Bertz CT molecular complexity index is 520. The van der Waals surface area contributed by atoms with Crippen LogP contribution in [0, 0.1) is 11.8 Å². The van der Waals surface area contributed by atoms with E-state index in [2.05, 4.69) is 5.32 Å². The molecule has 4 nitrogen and oxygen atoms in total. The number of piperidine rings is 1. The molecule has 1 heterocycles. The van der Waals surface area contributed by atoms with Gasteiger partial charge in [0, 0.05) is 13.1 Å². The molecular weight excluding hydrogens is 288 g/mol. The van der Waals surface area contributed by atoms with Gasteiger partial charge in [-0.25, -0.2) is 0 Å². The molecule has 4 heteroatoms. The highest BCUT2D eigenvalue weighted by atomic mass is 16.5. The second-order valence-corrected chi connectivity index (χ2v) is 6.88. The summed E-state index contributed by atoms with van der Waals surface area (Å²) in [6.45, 7) is 3.54. The fourth-order valence-electron chi connectivity index (χ4n) is 3.20. The summed E-state index contributed by atoms with van der Waals surface area (Å²) < 4.78 is 5.89. The van der Waals surface area contributed by atoms with Gasteiger partial charge in [0.2, 0.25) is 0 Å². The molecule has 0 aromatic heterocycles. The third-order valence-corrected chi connectivity index (χ3v) is 4.99. The van der Waals surface area contributed by atoms with E-state index in [1.54, 1.807) is 0 Å². The van der Waals surface area contributed by atoms with Gasteiger partial charge in [-0.3, -0.25) is 4.79 Å². The van der Waals surface area contributed by atoms with Crippen LogP contribution in [-0.2, 0) is 0 Å². The molecule has 1 amide bonds. The Morgan fingerprint density at radius 1 is 1.17 bits per heavy atom. The van der Waals surface area contributed by atoms with Crippen LogP contribution in [0.4, 0.5) is 0 Å². The van der Waals surface area contributed by atoms with Crippen molar-refractivity contribution in [2.45, 2.75) is 32.1 Å². The lowest BCUT2D eigenvalue weighted by Crippen LogP contribution is -2.39. The standard InChI is InChI=1S/C19H28N2O2/c1-20-11-8-15-9-12-21(13-10-15)19(22)17-4-2-3-5-18(17)23-14-16-6-7-16/h2-5,15-16,20H,6-14H2,1H3. The highest BCUT2D eigenvalue weighted by molar-refractivity contribution is 5.97. The van der Waals surface area contributed by atoms with E-state index in [9.17, 15) is 4.79 Å². The molecule has 0 radical (unpaired) electrons. The molecule has 0 unspecified atom stereocenters. The van der Waals surface area contributed by atoms with E-state index in [0.29, 0.717) is 5.92 Å². The predicted molar refractivity (Wildman–Crippen MR) is 91.8 cm³/mol. The number of hydrogen-bond acceptors (Lipinski definition) is 3. The Morgan fingerprint density at radius 3 is 2.61 bits per heavy atom. The molecule has 1 aliphatic heterocycles. The Hall–Kier alpha value is -1.55. The minimum atomic E-state index is 0.128. The Labute approximate surface area is 139 Å². The van der Waals surface area contributed by atoms with Crippen LogP contribution in [0.5, 0.6) is 5.75 Å². The van der Waals surface area contributed by atoms with Gasteiger partial charge in [-0.1, -0.05) is 12.1 Å². The molecule has 1 aromatic rings. The van der Waals surface area contributed by atoms with Crippen LogP contribution in [0.15, 0.2) is 24.3 Å². The number of hydrogen-bond donors (Lipinski definition) is 1. The monoisotopic (exact) mass is 316 g/mol. The molecule has 1 saturated carbocycles. The maximum atomic E-state index is 12.8. The lowest BCUT2D eigenvalue weighted by Gasteiger charge is -2.32. The lowest BCUT2D eigenvalue weighted by molar-refractivity contribution is 0.0682. The van der Waals surface area contributed by atoms with Crippen LogP contribution < -0.4 is 10.1 Å². The van der Waals surface area contributed by atoms with Crippen LogP contribution in [0.2, 0.25) is 0 Å². The number of nitrogens with zero attached hydrogens (tertiary/aromatic N) is 1. The Balaban J connectivity index is 1.57. The zero-order valence-electron chi connectivity index (χ0n) is 14.1. The highest BCUT2D eigenvalue weighted by Crippen LogP contribution is 2.31. The first-order chi connectivity index (χ1) is 11.3. The summed E-state index contributed by atoms with van der Waals surface area (Å²) in [6.07, 6.45) is 5.95. The van der Waals surface area contributed by atoms with E-state index in [-0.39, 0.29) is 5.91 Å². The zero-order valence-corrected chi connectivity index (χ0v) is 14.1. The second-order valence-electron chi connectivity index (χ2n) is 6.88. The van der Waals surface area contributed by atoms with Crippen molar-refractivity contribution < 1.29 is 9.53 Å². The molecule has 1 N–H and O–H groups in total. The van der Waals surface area contributed by atoms with E-state index < -0.39 is 0 Å². The van der Waals surface area contributed by atoms with E-state index in [1.165, 1.54) is 19.3 Å². The Kier molecular flexibility index (Phi) is 5.55. The van der Waals surface area contributed by atoms with Crippen molar-refractivity contribution in [3.8, 4) is 5.75 Å². The number of ether oxygens (including phenoxy) is 1. The number of nitrogens with one attached hydrogen (secondary N) is 1. The van der Waals surface area contributed by atoms with E-state index in [0.717, 1.165) is 56.3 Å². The van der Waals surface area contributed by atoms with Crippen molar-refractivity contribution in [2.24, 2.45) is 11.8 Å². The van der Waals surface area contributed by atoms with Gasteiger partial charge >= 0.3 is 0 Å². The average Bonchev–Trinajstić information content (AvgIpc) is 3.43. The van der Waals surface area contributed by atoms with Crippen LogP contribution >= 0.6 is 0 Å². The van der Waals surface area contributed by atoms with Gasteiger partial charge in [-0.2, -0.15) is 0 Å². The summed E-state index contributed by atoms with van der Waals surface area (Å²) in [4.78, 5) is 14.8. The van der Waals surface area contributed by atoms with Crippen molar-refractivity contribution in [3.05, 3.63) is 29.8 Å². The molecule has 2 aliphatic rings. The number of benzene rings is 1. The molecule has 126 valence electrons. The fourth-order valence-corrected chi connectivity index (χ4v) is 3.20. The molecule has 3 rings (SSSR count). The molecule has 0 bridgehead atoms. The van der Waals surface area contributed by atoms with E-state index >= 15 is 0 Å². The molecule has 0 spiro atoms. The first kappa shape index (κ1) is 16.3. The summed E-state index contributed by atoms with van der Waals surface area (Å²) in [5.74, 6) is 2.32. The lowest BCUT2D eigenvalue weighted by atomic mass is 9.93. The van der Waals surface area contributed by atoms with Gasteiger partial charge in [0.1, 0.15) is 5.75 Å². The maximum absolute atomic E-state index is 12.8. The first-order valence-corrected chi connectivity index (χ1v) is 8.93. The number of para-hydroxylation sites is 1. The van der Waals surface area contributed by atoms with Gasteiger partial charge in [-0.15, -0.1) is 0 Å². The number of rotatable bonds is 7. The van der Waals surface area contributed by atoms with Gasteiger partial charge in [0.15, 0.2) is 0 Å². The van der Waals surface area contributed by atoms with Crippen molar-refractivity contribution in [1.82, 2.24) is 10.2 Å². The van der Waals surface area contributed by atoms with E-state index in [4.69, 9.17) is 4.74 Å². The minimum Gasteiger partial charge on any atom is -0.492 e. The predicted octanol–water partition coefficient (Wildman–Crippen LogP) is 2.94. The van der Waals surface area contributed by atoms with E-state index in [1.807, 2.05) is 36.2 Å². The maximum Gasteiger partial charge on any atom is 0.257 e. The molecule has 23 heavy (non-hydrogen) atoms. The van der Waals surface area contributed by atoms with Crippen LogP contribution in [-0.4, -0.2) is 44.1 Å². The quantitative estimate of drug-likeness (QED) is 0.841. The fraction of sp³-hybridized carbons (Fsp3) is 0.632. The first-order valence-electron chi connectivity index (χ1n) is 8.93. The van der Waals surface area contributed by atoms with Crippen LogP contribution in [0.3, 0.4) is 0 Å². The second kappa shape index (κ2) is 7.82. The molecule has 0 atom stereocenters. The molecule has 1 saturated heterocycles. The summed E-state index contributed by atoms with van der Waals surface area (Å²) in [5, 5.41) is 3.21. The number of amides is 1. The molecule has 2 fully saturated rings. The summed E-state index contributed by atoms with van der Waals surface area (Å²) in [7, 11) is 2.00. The van der Waals surface area contributed by atoms with Gasteiger partial charge in [0.25, 0.3) is 5.91 Å². The smallest absolute Gasteiger partial charge is 0.257 e. The zero-order chi connectivity index (χ0) is 16.1.